The first-order valence-corrected chi connectivity index (χ1v) is 6.98. The molecule has 5 nitrogen and oxygen atoms in total. The van der Waals surface area contributed by atoms with E-state index in [1.165, 1.54) is 0 Å². The van der Waals surface area contributed by atoms with Gasteiger partial charge in [0.15, 0.2) is 0 Å². The highest BCUT2D eigenvalue weighted by Crippen LogP contribution is 2.25. The number of amides is 2. The zero-order valence-corrected chi connectivity index (χ0v) is 11.6. The van der Waals surface area contributed by atoms with Crippen molar-refractivity contribution < 1.29 is 9.90 Å². The normalized spacial score (nSPS) is 17.8. The van der Waals surface area contributed by atoms with E-state index in [0.29, 0.717) is 25.2 Å². The Hall–Kier alpha value is -2.40. The molecular formula is C16H17N3O2. The van der Waals surface area contributed by atoms with Crippen LogP contribution in [0.4, 0.5) is 10.5 Å². The van der Waals surface area contributed by atoms with Gasteiger partial charge < -0.3 is 15.3 Å². The SMILES string of the molecule is O=C(Nc1cccnc1-c1ccccc1)N1CC[C@@H](O)C1. The zero-order chi connectivity index (χ0) is 14.7. The third-order valence-electron chi connectivity index (χ3n) is 3.55. The van der Waals surface area contributed by atoms with Crippen LogP contribution >= 0.6 is 0 Å². The molecule has 2 amide bonds. The summed E-state index contributed by atoms with van der Waals surface area (Å²) >= 11 is 0. The fraction of sp³-hybridized carbons (Fsp3) is 0.250. The van der Waals surface area contributed by atoms with Crippen molar-refractivity contribution in [3.05, 3.63) is 48.7 Å². The Balaban J connectivity index is 1.81. The van der Waals surface area contributed by atoms with Crippen molar-refractivity contribution in [3.63, 3.8) is 0 Å². The molecule has 1 saturated heterocycles. The number of carbonyl (C=O) groups excluding carboxylic acids is 1. The van der Waals surface area contributed by atoms with Gasteiger partial charge in [0.2, 0.25) is 0 Å². The first-order valence-electron chi connectivity index (χ1n) is 6.98. The van der Waals surface area contributed by atoms with Crippen LogP contribution in [0.1, 0.15) is 6.42 Å². The first kappa shape index (κ1) is 13.6. The van der Waals surface area contributed by atoms with Crippen LogP contribution in [0, 0.1) is 0 Å². The summed E-state index contributed by atoms with van der Waals surface area (Å²) in [7, 11) is 0. The summed E-state index contributed by atoms with van der Waals surface area (Å²) in [5.74, 6) is 0. The number of hydrogen-bond donors (Lipinski definition) is 2. The molecule has 1 aliphatic heterocycles. The Morgan fingerprint density at radius 3 is 2.76 bits per heavy atom. The molecule has 1 aromatic carbocycles. The number of hydrogen-bond acceptors (Lipinski definition) is 3. The van der Waals surface area contributed by atoms with Crippen molar-refractivity contribution in [2.45, 2.75) is 12.5 Å². The molecule has 2 aromatic rings. The largest absolute Gasteiger partial charge is 0.391 e. The number of β-amino-alcohol motifs (C(OH)–C–C–N with tert-alkyl or cyclic N) is 1. The van der Waals surface area contributed by atoms with Crippen LogP contribution in [-0.4, -0.2) is 40.2 Å². The van der Waals surface area contributed by atoms with Crippen molar-refractivity contribution in [1.82, 2.24) is 9.88 Å². The third-order valence-corrected chi connectivity index (χ3v) is 3.55. The number of likely N-dealkylation sites (tertiary alicyclic amines) is 1. The standard InChI is InChI=1S/C16H17N3O2/c20-13-8-10-19(11-13)16(21)18-14-7-4-9-17-15(14)12-5-2-1-3-6-12/h1-7,9,13,20H,8,10-11H2,(H,18,21)/t13-/m1/s1. The summed E-state index contributed by atoms with van der Waals surface area (Å²) in [6.07, 6.45) is 1.92. The molecule has 5 heteroatoms. The van der Waals surface area contributed by atoms with Crippen molar-refractivity contribution in [2.75, 3.05) is 18.4 Å². The van der Waals surface area contributed by atoms with Gasteiger partial charge in [-0.05, 0) is 18.6 Å². The van der Waals surface area contributed by atoms with Gasteiger partial charge in [-0.3, -0.25) is 4.98 Å². The lowest BCUT2D eigenvalue weighted by Crippen LogP contribution is -2.33. The molecule has 2 heterocycles. The third kappa shape index (κ3) is 3.03. The zero-order valence-electron chi connectivity index (χ0n) is 11.6. The van der Waals surface area contributed by atoms with Gasteiger partial charge in [0.1, 0.15) is 0 Å². The fourth-order valence-electron chi connectivity index (χ4n) is 2.45. The van der Waals surface area contributed by atoms with Gasteiger partial charge in [-0.1, -0.05) is 30.3 Å². The van der Waals surface area contributed by atoms with E-state index >= 15 is 0 Å². The van der Waals surface area contributed by atoms with E-state index in [4.69, 9.17) is 0 Å². The Labute approximate surface area is 123 Å². The Kier molecular flexibility index (Phi) is 3.83. The van der Waals surface area contributed by atoms with Gasteiger partial charge in [-0.25, -0.2) is 4.79 Å². The van der Waals surface area contributed by atoms with Gasteiger partial charge >= 0.3 is 6.03 Å². The number of rotatable bonds is 2. The van der Waals surface area contributed by atoms with Crippen molar-refractivity contribution in [1.29, 1.82) is 0 Å². The maximum Gasteiger partial charge on any atom is 0.321 e. The molecule has 1 aliphatic rings. The lowest BCUT2D eigenvalue weighted by atomic mass is 10.1. The molecule has 108 valence electrons. The number of anilines is 1. The van der Waals surface area contributed by atoms with Crippen LogP contribution in [0.5, 0.6) is 0 Å². The molecule has 1 aromatic heterocycles. The van der Waals surface area contributed by atoms with E-state index in [-0.39, 0.29) is 6.03 Å². The number of carbonyl (C=O) groups is 1. The van der Waals surface area contributed by atoms with Gasteiger partial charge in [0.25, 0.3) is 0 Å². The average Bonchev–Trinajstić information content (AvgIpc) is 2.95. The molecular weight excluding hydrogens is 266 g/mol. The van der Waals surface area contributed by atoms with Gasteiger partial charge in [0.05, 0.1) is 17.5 Å². The summed E-state index contributed by atoms with van der Waals surface area (Å²) < 4.78 is 0. The van der Waals surface area contributed by atoms with Crippen molar-refractivity contribution >= 4 is 11.7 Å². The van der Waals surface area contributed by atoms with E-state index in [1.807, 2.05) is 36.4 Å². The molecule has 1 atom stereocenters. The molecule has 1 fully saturated rings. The molecule has 2 N–H and O–H groups in total. The summed E-state index contributed by atoms with van der Waals surface area (Å²) in [5.41, 5.74) is 2.37. The molecule has 3 rings (SSSR count). The number of nitrogens with zero attached hydrogens (tertiary/aromatic N) is 2. The Morgan fingerprint density at radius 1 is 1.24 bits per heavy atom. The summed E-state index contributed by atoms with van der Waals surface area (Å²) in [4.78, 5) is 18.2. The minimum Gasteiger partial charge on any atom is -0.391 e. The molecule has 21 heavy (non-hydrogen) atoms. The van der Waals surface area contributed by atoms with Crippen LogP contribution in [0.2, 0.25) is 0 Å². The van der Waals surface area contributed by atoms with Gasteiger partial charge in [0, 0.05) is 24.8 Å². The Morgan fingerprint density at radius 2 is 2.05 bits per heavy atom. The lowest BCUT2D eigenvalue weighted by Gasteiger charge is -2.17. The number of aromatic nitrogens is 1. The van der Waals surface area contributed by atoms with Crippen molar-refractivity contribution in [3.8, 4) is 11.3 Å². The average molecular weight is 283 g/mol. The minimum absolute atomic E-state index is 0.197. The van der Waals surface area contributed by atoms with Crippen LogP contribution in [0.15, 0.2) is 48.7 Å². The molecule has 0 aliphatic carbocycles. The maximum absolute atomic E-state index is 12.2. The van der Waals surface area contributed by atoms with E-state index in [9.17, 15) is 9.90 Å². The van der Waals surface area contributed by atoms with E-state index in [1.54, 1.807) is 17.2 Å². The molecule has 0 saturated carbocycles. The van der Waals surface area contributed by atoms with E-state index < -0.39 is 6.10 Å². The minimum atomic E-state index is -0.418. The summed E-state index contributed by atoms with van der Waals surface area (Å²) in [5, 5.41) is 12.4. The topological polar surface area (TPSA) is 65.5 Å². The summed E-state index contributed by atoms with van der Waals surface area (Å²) in [6.45, 7) is 0.959. The predicted octanol–water partition coefficient (Wildman–Crippen LogP) is 2.35. The van der Waals surface area contributed by atoms with Crippen LogP contribution < -0.4 is 5.32 Å². The number of nitrogens with one attached hydrogen (secondary N) is 1. The fourth-order valence-corrected chi connectivity index (χ4v) is 2.45. The first-order chi connectivity index (χ1) is 10.2. The quantitative estimate of drug-likeness (QED) is 0.889. The Bertz CT molecular complexity index is 630. The molecule has 0 unspecified atom stereocenters. The van der Waals surface area contributed by atoms with Gasteiger partial charge in [-0.15, -0.1) is 0 Å². The molecule has 0 bridgehead atoms. The second kappa shape index (κ2) is 5.93. The van der Waals surface area contributed by atoms with Crippen molar-refractivity contribution in [2.24, 2.45) is 0 Å². The highest BCUT2D eigenvalue weighted by atomic mass is 16.3. The lowest BCUT2D eigenvalue weighted by molar-refractivity contribution is 0.176. The van der Waals surface area contributed by atoms with Crippen LogP contribution in [0.3, 0.4) is 0 Å². The van der Waals surface area contributed by atoms with Gasteiger partial charge in [-0.2, -0.15) is 0 Å². The number of urea groups is 1. The number of aliphatic hydroxyl groups excluding tert-OH is 1. The monoisotopic (exact) mass is 283 g/mol. The summed E-state index contributed by atoms with van der Waals surface area (Å²) in [6, 6.07) is 13.2. The van der Waals surface area contributed by atoms with Crippen LogP contribution in [-0.2, 0) is 0 Å². The molecule has 0 radical (unpaired) electrons. The highest BCUT2D eigenvalue weighted by molar-refractivity contribution is 5.93. The van der Waals surface area contributed by atoms with Crippen LogP contribution in [0.25, 0.3) is 11.3 Å². The number of benzene rings is 1. The van der Waals surface area contributed by atoms with E-state index in [2.05, 4.69) is 10.3 Å². The number of pyridine rings is 1. The van der Waals surface area contributed by atoms with E-state index in [0.717, 1.165) is 11.3 Å². The number of aliphatic hydroxyl groups is 1. The second-order valence-electron chi connectivity index (χ2n) is 5.08. The second-order valence-corrected chi connectivity index (χ2v) is 5.08. The predicted molar refractivity (Wildman–Crippen MR) is 80.9 cm³/mol. The smallest absolute Gasteiger partial charge is 0.321 e. The maximum atomic E-state index is 12.2. The highest BCUT2D eigenvalue weighted by Gasteiger charge is 2.25. The molecule has 0 spiro atoms.